The van der Waals surface area contributed by atoms with Gasteiger partial charge in [0.05, 0.1) is 23.4 Å². The second-order valence-corrected chi connectivity index (χ2v) is 8.71. The van der Waals surface area contributed by atoms with Crippen LogP contribution in [0.2, 0.25) is 5.02 Å². The summed E-state index contributed by atoms with van der Waals surface area (Å²) in [6.45, 7) is 3.50. The van der Waals surface area contributed by atoms with E-state index >= 15 is 0 Å². The van der Waals surface area contributed by atoms with E-state index in [1.165, 1.54) is 4.57 Å². The number of likely N-dealkylation sites (tertiary alicyclic amines) is 1. The molecule has 4 rings (SSSR count). The SMILES string of the molecule is COc1ccc(C(=O)N2CCC3(CC2)c2c(Cl)cc(C(F)(F)F)n2CCN3C)cc1C. The summed E-state index contributed by atoms with van der Waals surface area (Å²) in [7, 11) is 3.50. The number of piperidine rings is 1. The van der Waals surface area contributed by atoms with Crippen molar-refractivity contribution in [2.75, 3.05) is 33.8 Å². The van der Waals surface area contributed by atoms with Gasteiger partial charge in [-0.2, -0.15) is 13.2 Å². The Labute approximate surface area is 184 Å². The van der Waals surface area contributed by atoms with Gasteiger partial charge < -0.3 is 14.2 Å². The maximum atomic E-state index is 13.5. The second kappa shape index (κ2) is 7.74. The molecule has 0 saturated carbocycles. The van der Waals surface area contributed by atoms with Crippen LogP contribution in [-0.2, 0) is 18.3 Å². The lowest BCUT2D eigenvalue weighted by molar-refractivity contribution is -0.144. The molecule has 1 aromatic heterocycles. The number of aryl methyl sites for hydroxylation is 1. The largest absolute Gasteiger partial charge is 0.496 e. The van der Waals surface area contributed by atoms with Gasteiger partial charge in [0.1, 0.15) is 11.4 Å². The molecule has 1 saturated heterocycles. The molecule has 0 N–H and O–H groups in total. The van der Waals surface area contributed by atoms with Crippen LogP contribution in [0, 0.1) is 6.92 Å². The van der Waals surface area contributed by atoms with Crippen molar-refractivity contribution in [2.45, 2.75) is 38.0 Å². The molecule has 168 valence electrons. The topological polar surface area (TPSA) is 37.7 Å². The van der Waals surface area contributed by atoms with Gasteiger partial charge in [0.15, 0.2) is 0 Å². The molecule has 0 aliphatic carbocycles. The number of halogens is 4. The Morgan fingerprint density at radius 2 is 1.81 bits per heavy atom. The number of carbonyl (C=O) groups excluding carboxylic acids is 1. The van der Waals surface area contributed by atoms with Crippen molar-refractivity contribution in [1.29, 1.82) is 0 Å². The lowest BCUT2D eigenvalue weighted by atomic mass is 9.81. The average molecular weight is 456 g/mol. The normalized spacial score (nSPS) is 18.9. The van der Waals surface area contributed by atoms with Crippen molar-refractivity contribution in [2.24, 2.45) is 0 Å². The van der Waals surface area contributed by atoms with Crippen LogP contribution in [0.25, 0.3) is 0 Å². The molecule has 3 heterocycles. The fourth-order valence-corrected chi connectivity index (χ4v) is 5.37. The van der Waals surface area contributed by atoms with Crippen molar-refractivity contribution in [3.05, 3.63) is 51.8 Å². The van der Waals surface area contributed by atoms with E-state index in [9.17, 15) is 18.0 Å². The highest BCUT2D eigenvalue weighted by atomic mass is 35.5. The van der Waals surface area contributed by atoms with Crippen LogP contribution in [0.3, 0.4) is 0 Å². The van der Waals surface area contributed by atoms with E-state index in [2.05, 4.69) is 4.90 Å². The fraction of sp³-hybridized carbons (Fsp3) is 0.500. The number of benzene rings is 1. The molecular weight excluding hydrogens is 431 g/mol. The summed E-state index contributed by atoms with van der Waals surface area (Å²) < 4.78 is 47.2. The van der Waals surface area contributed by atoms with E-state index in [1.54, 1.807) is 30.2 Å². The van der Waals surface area contributed by atoms with Crippen LogP contribution in [0.5, 0.6) is 5.75 Å². The summed E-state index contributed by atoms with van der Waals surface area (Å²) in [5, 5.41) is 0.143. The van der Waals surface area contributed by atoms with Crippen LogP contribution in [0.1, 0.15) is 40.2 Å². The van der Waals surface area contributed by atoms with Crippen LogP contribution >= 0.6 is 11.6 Å². The zero-order valence-electron chi connectivity index (χ0n) is 17.7. The Bertz CT molecular complexity index is 1010. The quantitative estimate of drug-likeness (QED) is 0.666. The van der Waals surface area contributed by atoms with Crippen molar-refractivity contribution >= 4 is 17.5 Å². The van der Waals surface area contributed by atoms with Gasteiger partial charge in [-0.15, -0.1) is 0 Å². The number of alkyl halides is 3. The highest BCUT2D eigenvalue weighted by Crippen LogP contribution is 2.47. The Morgan fingerprint density at radius 1 is 1.13 bits per heavy atom. The van der Waals surface area contributed by atoms with E-state index in [-0.39, 0.29) is 17.5 Å². The predicted molar refractivity (Wildman–Crippen MR) is 112 cm³/mol. The maximum Gasteiger partial charge on any atom is 0.431 e. The van der Waals surface area contributed by atoms with E-state index < -0.39 is 17.4 Å². The minimum atomic E-state index is -4.46. The van der Waals surface area contributed by atoms with Gasteiger partial charge in [-0.3, -0.25) is 9.69 Å². The number of amides is 1. The zero-order valence-corrected chi connectivity index (χ0v) is 18.5. The fourth-order valence-electron chi connectivity index (χ4n) is 4.99. The maximum absolute atomic E-state index is 13.5. The number of rotatable bonds is 2. The van der Waals surface area contributed by atoms with E-state index in [4.69, 9.17) is 16.3 Å². The molecule has 31 heavy (non-hydrogen) atoms. The van der Waals surface area contributed by atoms with Crippen LogP contribution in [0.15, 0.2) is 24.3 Å². The smallest absolute Gasteiger partial charge is 0.431 e. The second-order valence-electron chi connectivity index (χ2n) is 8.31. The van der Waals surface area contributed by atoms with Gasteiger partial charge in [0.25, 0.3) is 5.91 Å². The Kier molecular flexibility index (Phi) is 5.50. The van der Waals surface area contributed by atoms with Crippen molar-refractivity contribution in [3.63, 3.8) is 0 Å². The molecule has 1 amide bonds. The molecule has 2 aromatic rings. The first-order valence-corrected chi connectivity index (χ1v) is 10.6. The average Bonchev–Trinajstić information content (AvgIpc) is 3.09. The number of methoxy groups -OCH3 is 1. The molecule has 0 radical (unpaired) electrons. The van der Waals surface area contributed by atoms with Gasteiger partial charge in [-0.25, -0.2) is 0 Å². The number of hydrogen-bond acceptors (Lipinski definition) is 3. The Balaban J connectivity index is 1.60. The molecule has 1 spiro atoms. The van der Waals surface area contributed by atoms with E-state index in [0.29, 0.717) is 49.5 Å². The van der Waals surface area contributed by atoms with Gasteiger partial charge in [-0.1, -0.05) is 11.6 Å². The van der Waals surface area contributed by atoms with Crippen molar-refractivity contribution in [3.8, 4) is 5.75 Å². The summed E-state index contributed by atoms with van der Waals surface area (Å²) in [6, 6.07) is 6.35. The lowest BCUT2D eigenvalue weighted by Gasteiger charge is -2.50. The van der Waals surface area contributed by atoms with Crippen LogP contribution in [0.4, 0.5) is 13.2 Å². The lowest BCUT2D eigenvalue weighted by Crippen LogP contribution is -2.57. The highest BCUT2D eigenvalue weighted by Gasteiger charge is 2.49. The highest BCUT2D eigenvalue weighted by molar-refractivity contribution is 6.31. The number of fused-ring (bicyclic) bond motifs is 2. The number of nitrogens with zero attached hydrogens (tertiary/aromatic N) is 3. The molecule has 0 unspecified atom stereocenters. The summed E-state index contributed by atoms with van der Waals surface area (Å²) in [5.74, 6) is 0.630. The summed E-state index contributed by atoms with van der Waals surface area (Å²) in [6.07, 6.45) is -3.42. The van der Waals surface area contributed by atoms with Crippen molar-refractivity contribution in [1.82, 2.24) is 14.4 Å². The number of aromatic nitrogens is 1. The predicted octanol–water partition coefficient (Wildman–Crippen LogP) is 4.55. The molecular formula is C22H25ClF3N3O2. The summed E-state index contributed by atoms with van der Waals surface area (Å²) >= 11 is 6.36. The first kappa shape index (κ1) is 22.0. The van der Waals surface area contributed by atoms with Gasteiger partial charge in [0, 0.05) is 31.7 Å². The minimum Gasteiger partial charge on any atom is -0.496 e. The third-order valence-electron chi connectivity index (χ3n) is 6.69. The first-order chi connectivity index (χ1) is 14.6. The minimum absolute atomic E-state index is 0.0866. The van der Waals surface area contributed by atoms with Gasteiger partial charge in [-0.05, 0) is 56.6 Å². The molecule has 5 nitrogen and oxygen atoms in total. The number of likely N-dealkylation sites (N-methyl/N-ethyl adjacent to an activating group) is 1. The molecule has 2 aliphatic heterocycles. The molecule has 0 bridgehead atoms. The van der Waals surface area contributed by atoms with E-state index in [0.717, 1.165) is 11.6 Å². The zero-order chi connectivity index (χ0) is 22.6. The number of carbonyl (C=O) groups is 1. The van der Waals surface area contributed by atoms with Gasteiger partial charge in [0.2, 0.25) is 0 Å². The number of ether oxygens (including phenoxy) is 1. The first-order valence-electron chi connectivity index (χ1n) is 10.2. The molecule has 1 fully saturated rings. The van der Waals surface area contributed by atoms with Crippen LogP contribution in [-0.4, -0.2) is 54.1 Å². The number of hydrogen-bond donors (Lipinski definition) is 0. The molecule has 1 aromatic carbocycles. The standard InChI is InChI=1S/C22H25ClF3N3O2/c1-14-12-15(4-5-17(14)31-3)20(30)28-8-6-21(7-9-28)19-16(23)13-18(22(24,25)26)29(19)11-10-27(21)2/h4-5,12-13H,6-11H2,1-3H3. The third-order valence-corrected chi connectivity index (χ3v) is 6.98. The van der Waals surface area contributed by atoms with Crippen LogP contribution < -0.4 is 4.74 Å². The molecule has 9 heteroatoms. The molecule has 2 aliphatic rings. The third kappa shape index (κ3) is 3.59. The Morgan fingerprint density at radius 3 is 2.39 bits per heavy atom. The summed E-state index contributed by atoms with van der Waals surface area (Å²) in [5.41, 5.74) is 0.644. The summed E-state index contributed by atoms with van der Waals surface area (Å²) in [4.78, 5) is 16.9. The Hall–Kier alpha value is -2.19. The van der Waals surface area contributed by atoms with Gasteiger partial charge >= 0.3 is 6.18 Å². The van der Waals surface area contributed by atoms with E-state index in [1.807, 2.05) is 14.0 Å². The molecule has 0 atom stereocenters. The van der Waals surface area contributed by atoms with Crippen molar-refractivity contribution < 1.29 is 22.7 Å². The monoisotopic (exact) mass is 455 g/mol.